The van der Waals surface area contributed by atoms with Crippen molar-refractivity contribution in [2.24, 2.45) is 5.92 Å². The van der Waals surface area contributed by atoms with Gasteiger partial charge in [-0.3, -0.25) is 19.8 Å². The molecular weight excluding hydrogens is 361 g/mol. The number of nitrogens with one attached hydrogen (secondary N) is 3. The zero-order chi connectivity index (χ0) is 20.4. The Balaban J connectivity index is 2.13. The molecule has 3 atom stereocenters. The van der Waals surface area contributed by atoms with Crippen molar-refractivity contribution in [2.45, 2.75) is 44.8 Å². The van der Waals surface area contributed by atoms with Crippen LogP contribution in [0.3, 0.4) is 0 Å². The van der Waals surface area contributed by atoms with Crippen molar-refractivity contribution in [3.8, 4) is 0 Å². The number of nitrogens with zero attached hydrogens (tertiary/aromatic N) is 1. The summed E-state index contributed by atoms with van der Waals surface area (Å²) in [5, 5.41) is 8.62. The molecule has 1 heterocycles. The molecule has 3 N–H and O–H groups in total. The molecule has 150 valence electrons. The minimum absolute atomic E-state index is 0.00595. The van der Waals surface area contributed by atoms with Crippen LogP contribution in [0.5, 0.6) is 0 Å². The van der Waals surface area contributed by atoms with Gasteiger partial charge in [-0.25, -0.2) is 0 Å². The van der Waals surface area contributed by atoms with Gasteiger partial charge in [0.25, 0.3) is 0 Å². The Morgan fingerprint density at radius 2 is 1.81 bits per heavy atom. The largest absolute Gasteiger partial charge is 0.416 e. The van der Waals surface area contributed by atoms with E-state index in [0.29, 0.717) is 5.56 Å². The molecule has 1 aromatic rings. The molecule has 0 aliphatic carbocycles. The monoisotopic (exact) mass is 386 g/mol. The number of benzene rings is 1. The number of amides is 2. The molecule has 0 saturated carbocycles. The van der Waals surface area contributed by atoms with Crippen molar-refractivity contribution in [3.05, 3.63) is 35.4 Å². The summed E-state index contributed by atoms with van der Waals surface area (Å²) in [6.45, 7) is 3.73. The summed E-state index contributed by atoms with van der Waals surface area (Å²) in [7, 11) is 3.52. The van der Waals surface area contributed by atoms with Gasteiger partial charge < -0.3 is 10.6 Å². The summed E-state index contributed by atoms with van der Waals surface area (Å²) >= 11 is 0. The lowest BCUT2D eigenvalue weighted by Gasteiger charge is -2.35. The van der Waals surface area contributed by atoms with E-state index in [9.17, 15) is 22.8 Å². The van der Waals surface area contributed by atoms with Crippen LogP contribution in [0.4, 0.5) is 13.2 Å². The van der Waals surface area contributed by atoms with E-state index in [1.807, 2.05) is 13.8 Å². The Labute approximate surface area is 156 Å². The third kappa shape index (κ3) is 5.43. The smallest absolute Gasteiger partial charge is 0.348 e. The molecule has 2 amide bonds. The lowest BCUT2D eigenvalue weighted by molar-refractivity contribution is -0.137. The molecular formula is C18H25F3N4O2. The minimum Gasteiger partial charge on any atom is -0.348 e. The van der Waals surface area contributed by atoms with E-state index in [1.54, 1.807) is 19.0 Å². The lowest BCUT2D eigenvalue weighted by Crippen LogP contribution is -2.65. The van der Waals surface area contributed by atoms with E-state index in [1.165, 1.54) is 12.1 Å². The Bertz CT molecular complexity index is 674. The number of hydrogen-bond acceptors (Lipinski definition) is 4. The van der Waals surface area contributed by atoms with Crippen molar-refractivity contribution < 1.29 is 22.8 Å². The van der Waals surface area contributed by atoms with Gasteiger partial charge in [0.1, 0.15) is 6.29 Å². The van der Waals surface area contributed by atoms with E-state index >= 15 is 0 Å². The molecule has 0 radical (unpaired) electrons. The topological polar surface area (TPSA) is 73.5 Å². The molecule has 1 aliphatic heterocycles. The van der Waals surface area contributed by atoms with Crippen LogP contribution in [-0.4, -0.2) is 43.1 Å². The standard InChI is InChI=1S/C18H25F3N4O2/c1-10(2)15(11-5-7-12(8-6-11)18(19,20)21)24-16(27)13-9-14(26)23-17(22-13)25(3)4/h5-8,10,13,15,17,22H,9H2,1-4H3,(H,23,26)(H,24,27)/t13?,15-,17?/m1/s1. The molecule has 1 aromatic carbocycles. The van der Waals surface area contributed by atoms with E-state index in [0.717, 1.165) is 12.1 Å². The van der Waals surface area contributed by atoms with Gasteiger partial charge in [0.05, 0.1) is 24.1 Å². The number of carbonyl (C=O) groups excluding carboxylic acids is 2. The van der Waals surface area contributed by atoms with Crippen LogP contribution in [-0.2, 0) is 15.8 Å². The molecule has 27 heavy (non-hydrogen) atoms. The first-order valence-corrected chi connectivity index (χ1v) is 8.68. The quantitative estimate of drug-likeness (QED) is 0.722. The third-order valence-corrected chi connectivity index (χ3v) is 4.44. The fourth-order valence-electron chi connectivity index (χ4n) is 2.90. The van der Waals surface area contributed by atoms with Crippen molar-refractivity contribution in [2.75, 3.05) is 14.1 Å². The maximum atomic E-state index is 12.8. The van der Waals surface area contributed by atoms with Gasteiger partial charge >= 0.3 is 6.18 Å². The first-order chi connectivity index (χ1) is 12.5. The number of carbonyl (C=O) groups is 2. The van der Waals surface area contributed by atoms with Crippen LogP contribution < -0.4 is 16.0 Å². The predicted octanol–water partition coefficient (Wildman–Crippen LogP) is 1.84. The minimum atomic E-state index is -4.41. The summed E-state index contributed by atoms with van der Waals surface area (Å²) in [6.07, 6.45) is -4.88. The highest BCUT2D eigenvalue weighted by Crippen LogP contribution is 2.31. The van der Waals surface area contributed by atoms with Gasteiger partial charge in [0.2, 0.25) is 11.8 Å². The fraction of sp³-hybridized carbons (Fsp3) is 0.556. The van der Waals surface area contributed by atoms with Gasteiger partial charge in [-0.2, -0.15) is 13.2 Å². The molecule has 1 fully saturated rings. The molecule has 2 rings (SSSR count). The van der Waals surface area contributed by atoms with Gasteiger partial charge in [-0.1, -0.05) is 26.0 Å². The molecule has 9 heteroatoms. The lowest BCUT2D eigenvalue weighted by atomic mass is 9.94. The summed E-state index contributed by atoms with van der Waals surface area (Å²) in [6, 6.07) is 3.57. The van der Waals surface area contributed by atoms with Crippen LogP contribution in [0.1, 0.15) is 37.4 Å². The highest BCUT2D eigenvalue weighted by molar-refractivity contribution is 5.89. The van der Waals surface area contributed by atoms with E-state index < -0.39 is 30.1 Å². The summed E-state index contributed by atoms with van der Waals surface area (Å²) in [4.78, 5) is 26.3. The SMILES string of the molecule is CC(C)[C@@H](NC(=O)C1CC(=O)NC(N(C)C)N1)c1ccc(C(F)(F)F)cc1. The maximum Gasteiger partial charge on any atom is 0.416 e. The molecule has 1 aliphatic rings. The van der Waals surface area contributed by atoms with Gasteiger partial charge in [0.15, 0.2) is 0 Å². The second kappa shape index (κ2) is 8.26. The second-order valence-electron chi connectivity index (χ2n) is 7.21. The van der Waals surface area contributed by atoms with Crippen molar-refractivity contribution >= 4 is 11.8 Å². The van der Waals surface area contributed by atoms with Crippen LogP contribution in [0.2, 0.25) is 0 Å². The van der Waals surface area contributed by atoms with Crippen LogP contribution in [0.15, 0.2) is 24.3 Å². The zero-order valence-corrected chi connectivity index (χ0v) is 15.7. The first kappa shape index (κ1) is 21.2. The van der Waals surface area contributed by atoms with Crippen molar-refractivity contribution in [1.82, 2.24) is 20.9 Å². The molecule has 1 saturated heterocycles. The number of rotatable bonds is 5. The zero-order valence-electron chi connectivity index (χ0n) is 15.7. The van der Waals surface area contributed by atoms with Crippen LogP contribution in [0.25, 0.3) is 0 Å². The van der Waals surface area contributed by atoms with E-state index in [4.69, 9.17) is 0 Å². The number of halogens is 3. The normalized spacial score (nSPS) is 21.9. The highest BCUT2D eigenvalue weighted by Gasteiger charge is 2.34. The van der Waals surface area contributed by atoms with Gasteiger partial charge in [0, 0.05) is 0 Å². The fourth-order valence-corrected chi connectivity index (χ4v) is 2.90. The van der Waals surface area contributed by atoms with Crippen LogP contribution in [0, 0.1) is 5.92 Å². The van der Waals surface area contributed by atoms with E-state index in [2.05, 4.69) is 16.0 Å². The van der Waals surface area contributed by atoms with Crippen molar-refractivity contribution in [1.29, 1.82) is 0 Å². The summed E-state index contributed by atoms with van der Waals surface area (Å²) in [5.41, 5.74) is -0.157. The Morgan fingerprint density at radius 1 is 1.22 bits per heavy atom. The molecule has 6 nitrogen and oxygen atoms in total. The molecule has 0 bridgehead atoms. The molecule has 2 unspecified atom stereocenters. The molecule has 0 spiro atoms. The third-order valence-electron chi connectivity index (χ3n) is 4.44. The average molecular weight is 386 g/mol. The first-order valence-electron chi connectivity index (χ1n) is 8.68. The predicted molar refractivity (Wildman–Crippen MR) is 94.3 cm³/mol. The maximum absolute atomic E-state index is 12.8. The van der Waals surface area contributed by atoms with Gasteiger partial charge in [-0.05, 0) is 37.7 Å². The highest BCUT2D eigenvalue weighted by atomic mass is 19.4. The Kier molecular flexibility index (Phi) is 6.48. The van der Waals surface area contributed by atoms with Crippen LogP contribution >= 0.6 is 0 Å². The Morgan fingerprint density at radius 3 is 2.30 bits per heavy atom. The average Bonchev–Trinajstić information content (AvgIpc) is 2.58. The second-order valence-corrected chi connectivity index (χ2v) is 7.21. The summed E-state index contributed by atoms with van der Waals surface area (Å²) in [5.74, 6) is -0.661. The number of hydrogen-bond donors (Lipinski definition) is 3. The number of alkyl halides is 3. The Hall–Kier alpha value is -2.13. The van der Waals surface area contributed by atoms with Gasteiger partial charge in [-0.15, -0.1) is 0 Å². The summed E-state index contributed by atoms with van der Waals surface area (Å²) < 4.78 is 38.3. The van der Waals surface area contributed by atoms with E-state index in [-0.39, 0.29) is 24.2 Å². The molecule has 0 aromatic heterocycles. The van der Waals surface area contributed by atoms with Crippen molar-refractivity contribution in [3.63, 3.8) is 0 Å².